The Kier molecular flexibility index (Phi) is 7.43. The summed E-state index contributed by atoms with van der Waals surface area (Å²) in [7, 11) is -3.68. The van der Waals surface area contributed by atoms with Crippen LogP contribution in [0.3, 0.4) is 0 Å². The molecule has 2 aromatic heterocycles. The monoisotopic (exact) mass is 496 g/mol. The highest BCUT2D eigenvalue weighted by atomic mass is 35.5. The number of thioether (sulfide) groups is 1. The van der Waals surface area contributed by atoms with Gasteiger partial charge in [-0.1, -0.05) is 37.2 Å². The van der Waals surface area contributed by atoms with E-state index in [9.17, 15) is 13.2 Å². The highest BCUT2D eigenvalue weighted by Gasteiger charge is 2.23. The van der Waals surface area contributed by atoms with E-state index in [1.54, 1.807) is 18.4 Å². The molecular formula is C20H25ClN6O3S2. The van der Waals surface area contributed by atoms with Gasteiger partial charge in [0.2, 0.25) is 21.1 Å². The van der Waals surface area contributed by atoms with Crippen LogP contribution < -0.4 is 5.32 Å². The van der Waals surface area contributed by atoms with Crippen LogP contribution in [-0.2, 0) is 21.2 Å². The SMILES string of the molecule is CCN(CC)S(=O)(=O)c1ccc(Cl)c(NC(=O)Cc2c(C)nc3nc(SC)nn3c2C)c1. The second-order valence-corrected chi connectivity index (χ2v) is 10.1. The highest BCUT2D eigenvalue weighted by molar-refractivity contribution is 7.98. The molecule has 1 amide bonds. The third-order valence-electron chi connectivity index (χ3n) is 5.10. The first-order valence-corrected chi connectivity index (χ1v) is 13.0. The molecule has 0 saturated heterocycles. The Morgan fingerprint density at radius 3 is 2.53 bits per heavy atom. The molecule has 32 heavy (non-hydrogen) atoms. The summed E-state index contributed by atoms with van der Waals surface area (Å²) >= 11 is 7.65. The molecule has 2 heterocycles. The van der Waals surface area contributed by atoms with E-state index in [1.165, 1.54) is 34.3 Å². The maximum absolute atomic E-state index is 12.8. The van der Waals surface area contributed by atoms with Crippen molar-refractivity contribution in [2.45, 2.75) is 44.2 Å². The summed E-state index contributed by atoms with van der Waals surface area (Å²) in [6.45, 7) is 7.90. The van der Waals surface area contributed by atoms with E-state index in [0.29, 0.717) is 29.7 Å². The highest BCUT2D eigenvalue weighted by Crippen LogP contribution is 2.27. The number of halogens is 1. The average Bonchev–Trinajstić information content (AvgIpc) is 3.16. The van der Waals surface area contributed by atoms with Crippen molar-refractivity contribution in [3.05, 3.63) is 40.2 Å². The van der Waals surface area contributed by atoms with Crippen molar-refractivity contribution in [3.8, 4) is 0 Å². The van der Waals surface area contributed by atoms with Crippen molar-refractivity contribution in [1.82, 2.24) is 23.9 Å². The Morgan fingerprint density at radius 1 is 1.22 bits per heavy atom. The fourth-order valence-electron chi connectivity index (χ4n) is 3.36. The fourth-order valence-corrected chi connectivity index (χ4v) is 5.35. The zero-order valence-electron chi connectivity index (χ0n) is 18.5. The lowest BCUT2D eigenvalue weighted by atomic mass is 10.1. The predicted molar refractivity (Wildman–Crippen MR) is 126 cm³/mol. The van der Waals surface area contributed by atoms with E-state index >= 15 is 0 Å². The Labute approximate surface area is 196 Å². The topological polar surface area (TPSA) is 110 Å². The number of fused-ring (bicyclic) bond motifs is 1. The normalized spacial score (nSPS) is 12.0. The number of aryl methyl sites for hydroxylation is 2. The first-order chi connectivity index (χ1) is 15.1. The zero-order valence-corrected chi connectivity index (χ0v) is 20.9. The number of nitrogens with one attached hydrogen (secondary N) is 1. The number of rotatable bonds is 8. The van der Waals surface area contributed by atoms with Crippen molar-refractivity contribution in [2.24, 2.45) is 0 Å². The van der Waals surface area contributed by atoms with Gasteiger partial charge in [0.05, 0.1) is 22.0 Å². The molecule has 0 radical (unpaired) electrons. The number of carbonyl (C=O) groups is 1. The van der Waals surface area contributed by atoms with Gasteiger partial charge in [0.15, 0.2) is 0 Å². The number of hydrogen-bond donors (Lipinski definition) is 1. The summed E-state index contributed by atoms with van der Waals surface area (Å²) < 4.78 is 28.6. The molecule has 0 saturated carbocycles. The minimum Gasteiger partial charge on any atom is -0.324 e. The molecule has 0 unspecified atom stereocenters. The van der Waals surface area contributed by atoms with Crippen molar-refractivity contribution >= 4 is 50.8 Å². The summed E-state index contributed by atoms with van der Waals surface area (Å²) in [4.78, 5) is 21.7. The Morgan fingerprint density at radius 2 is 1.91 bits per heavy atom. The Hall–Kier alpha value is -2.21. The summed E-state index contributed by atoms with van der Waals surface area (Å²) in [5, 5.41) is 7.97. The summed E-state index contributed by atoms with van der Waals surface area (Å²) in [5.41, 5.74) is 2.39. The quantitative estimate of drug-likeness (QED) is 0.476. The number of nitrogens with zero attached hydrogens (tertiary/aromatic N) is 5. The van der Waals surface area contributed by atoms with E-state index in [4.69, 9.17) is 11.6 Å². The molecule has 0 bridgehead atoms. The molecule has 0 spiro atoms. The van der Waals surface area contributed by atoms with Crippen LogP contribution in [0.4, 0.5) is 5.69 Å². The van der Waals surface area contributed by atoms with E-state index in [-0.39, 0.29) is 27.9 Å². The van der Waals surface area contributed by atoms with Gasteiger partial charge >= 0.3 is 0 Å². The van der Waals surface area contributed by atoms with Gasteiger partial charge in [0.25, 0.3) is 5.78 Å². The molecule has 0 atom stereocenters. The number of carbonyl (C=O) groups excluding carboxylic acids is 1. The van der Waals surface area contributed by atoms with Crippen molar-refractivity contribution in [3.63, 3.8) is 0 Å². The second-order valence-electron chi connectivity index (χ2n) is 7.03. The zero-order chi connectivity index (χ0) is 23.6. The summed E-state index contributed by atoms with van der Waals surface area (Å²) in [6.07, 6.45) is 1.90. The van der Waals surface area contributed by atoms with Crippen molar-refractivity contribution in [2.75, 3.05) is 24.7 Å². The van der Waals surface area contributed by atoms with Gasteiger partial charge < -0.3 is 5.32 Å². The van der Waals surface area contributed by atoms with Crippen LogP contribution in [0.2, 0.25) is 5.02 Å². The van der Waals surface area contributed by atoms with Gasteiger partial charge in [0, 0.05) is 30.0 Å². The molecule has 172 valence electrons. The standard InChI is InChI=1S/C20H25ClN6O3S2/c1-6-26(7-2)32(29,30)14-8-9-16(21)17(10-14)23-18(28)11-15-12(3)22-19-24-20(31-5)25-27(19)13(15)4/h8-10H,6-7,11H2,1-5H3,(H,23,28). The van der Waals surface area contributed by atoms with Crippen LogP contribution in [0.25, 0.3) is 5.78 Å². The number of sulfonamides is 1. The molecule has 1 N–H and O–H groups in total. The maximum Gasteiger partial charge on any atom is 0.253 e. The van der Waals surface area contributed by atoms with E-state index < -0.39 is 10.0 Å². The van der Waals surface area contributed by atoms with Gasteiger partial charge in [0.1, 0.15) is 0 Å². The van der Waals surface area contributed by atoms with Gasteiger partial charge in [-0.3, -0.25) is 4.79 Å². The van der Waals surface area contributed by atoms with Crippen LogP contribution in [-0.4, -0.2) is 57.6 Å². The number of aromatic nitrogens is 4. The molecule has 3 rings (SSSR count). The van der Waals surface area contributed by atoms with Crippen LogP contribution in [0.15, 0.2) is 28.3 Å². The molecule has 9 nitrogen and oxygen atoms in total. The lowest BCUT2D eigenvalue weighted by Crippen LogP contribution is -2.30. The third-order valence-corrected chi connectivity index (χ3v) is 8.02. The Bertz CT molecular complexity index is 1270. The second kappa shape index (κ2) is 9.74. The van der Waals surface area contributed by atoms with Crippen LogP contribution in [0, 0.1) is 13.8 Å². The molecular weight excluding hydrogens is 472 g/mol. The number of hydrogen-bond acceptors (Lipinski definition) is 7. The average molecular weight is 497 g/mol. The lowest BCUT2D eigenvalue weighted by Gasteiger charge is -2.19. The van der Waals surface area contributed by atoms with Gasteiger partial charge in [-0.15, -0.1) is 5.10 Å². The van der Waals surface area contributed by atoms with E-state index in [0.717, 1.165) is 11.3 Å². The van der Waals surface area contributed by atoms with Crippen molar-refractivity contribution in [1.29, 1.82) is 0 Å². The first kappa shape index (κ1) is 24.4. The Balaban J connectivity index is 1.88. The number of amides is 1. The minimum absolute atomic E-state index is 0.0262. The maximum atomic E-state index is 12.8. The molecule has 1 aromatic carbocycles. The minimum atomic E-state index is -3.68. The summed E-state index contributed by atoms with van der Waals surface area (Å²) in [6, 6.07) is 4.29. The predicted octanol–water partition coefficient (Wildman–Crippen LogP) is 3.33. The molecule has 0 fully saturated rings. The molecule has 0 aliphatic heterocycles. The molecule has 3 aromatic rings. The van der Waals surface area contributed by atoms with Crippen LogP contribution in [0.5, 0.6) is 0 Å². The summed E-state index contributed by atoms with van der Waals surface area (Å²) in [5.74, 6) is 0.132. The van der Waals surface area contributed by atoms with Crippen molar-refractivity contribution < 1.29 is 13.2 Å². The molecule has 0 aliphatic rings. The molecule has 0 aliphatic carbocycles. The number of anilines is 1. The molecule has 12 heteroatoms. The number of benzene rings is 1. The van der Waals surface area contributed by atoms with Gasteiger partial charge in [-0.25, -0.2) is 17.9 Å². The van der Waals surface area contributed by atoms with Gasteiger partial charge in [-0.2, -0.15) is 9.29 Å². The van der Waals surface area contributed by atoms with Crippen LogP contribution in [0.1, 0.15) is 30.8 Å². The van der Waals surface area contributed by atoms with E-state index in [2.05, 4.69) is 20.4 Å². The smallest absolute Gasteiger partial charge is 0.253 e. The lowest BCUT2D eigenvalue weighted by molar-refractivity contribution is -0.115. The van der Waals surface area contributed by atoms with E-state index in [1.807, 2.05) is 20.1 Å². The largest absolute Gasteiger partial charge is 0.324 e. The van der Waals surface area contributed by atoms with Gasteiger partial charge in [-0.05, 0) is 38.3 Å². The third kappa shape index (κ3) is 4.75. The van der Waals surface area contributed by atoms with Crippen LogP contribution >= 0.6 is 23.4 Å². The fraction of sp³-hybridized carbons (Fsp3) is 0.400. The first-order valence-electron chi connectivity index (χ1n) is 9.98.